The maximum atomic E-state index is 9.39. The highest BCUT2D eigenvalue weighted by atomic mass is 16.5. The van der Waals surface area contributed by atoms with Gasteiger partial charge >= 0.3 is 0 Å². The van der Waals surface area contributed by atoms with Crippen LogP contribution >= 0.6 is 0 Å². The van der Waals surface area contributed by atoms with Gasteiger partial charge in [-0.3, -0.25) is 0 Å². The van der Waals surface area contributed by atoms with E-state index in [1.165, 1.54) is 0 Å². The molecular formula is C14H31NO3. The van der Waals surface area contributed by atoms with Crippen LogP contribution in [-0.4, -0.2) is 50.2 Å². The lowest BCUT2D eigenvalue weighted by molar-refractivity contribution is 0.0431. The fourth-order valence-electron chi connectivity index (χ4n) is 1.68. The highest BCUT2D eigenvalue weighted by Gasteiger charge is 2.21. The van der Waals surface area contributed by atoms with Crippen molar-refractivity contribution < 1.29 is 14.6 Å². The highest BCUT2D eigenvalue weighted by molar-refractivity contribution is 4.81. The topological polar surface area (TPSA) is 50.7 Å². The molecule has 0 aliphatic rings. The third-order valence-corrected chi connectivity index (χ3v) is 2.89. The molecule has 1 atom stereocenters. The van der Waals surface area contributed by atoms with Gasteiger partial charge in [0.15, 0.2) is 0 Å². The molecule has 1 unspecified atom stereocenters. The van der Waals surface area contributed by atoms with Gasteiger partial charge in [-0.25, -0.2) is 0 Å². The van der Waals surface area contributed by atoms with Crippen molar-refractivity contribution in [2.45, 2.75) is 52.0 Å². The Labute approximate surface area is 112 Å². The molecule has 0 spiro atoms. The van der Waals surface area contributed by atoms with E-state index in [1.54, 1.807) is 0 Å². The van der Waals surface area contributed by atoms with Crippen molar-refractivity contribution in [2.24, 2.45) is 0 Å². The highest BCUT2D eigenvalue weighted by Crippen LogP contribution is 2.11. The first-order valence-corrected chi connectivity index (χ1v) is 7.20. The second-order valence-electron chi connectivity index (χ2n) is 4.97. The van der Waals surface area contributed by atoms with E-state index in [2.05, 4.69) is 26.1 Å². The van der Waals surface area contributed by atoms with E-state index in [0.29, 0.717) is 13.2 Å². The predicted molar refractivity (Wildman–Crippen MR) is 74.9 cm³/mol. The normalized spacial score (nSPS) is 14.7. The molecule has 2 N–H and O–H groups in total. The summed E-state index contributed by atoms with van der Waals surface area (Å²) in [5.41, 5.74) is -0.169. The summed E-state index contributed by atoms with van der Waals surface area (Å²) >= 11 is 0. The van der Waals surface area contributed by atoms with E-state index in [1.807, 2.05) is 0 Å². The van der Waals surface area contributed by atoms with Gasteiger partial charge in [0, 0.05) is 18.8 Å². The predicted octanol–water partition coefficient (Wildman–Crippen LogP) is 1.96. The summed E-state index contributed by atoms with van der Waals surface area (Å²) in [6, 6.07) is 0. The zero-order valence-electron chi connectivity index (χ0n) is 12.3. The second kappa shape index (κ2) is 11.9. The Morgan fingerprint density at radius 3 is 2.22 bits per heavy atom. The van der Waals surface area contributed by atoms with E-state index in [0.717, 1.165) is 45.4 Å². The zero-order chi connectivity index (χ0) is 13.7. The van der Waals surface area contributed by atoms with Crippen LogP contribution in [0.5, 0.6) is 0 Å². The fourth-order valence-corrected chi connectivity index (χ4v) is 1.68. The lowest BCUT2D eigenvalue weighted by Gasteiger charge is -2.28. The minimum Gasteiger partial charge on any atom is -0.394 e. The number of nitrogens with one attached hydrogen (secondary N) is 1. The molecule has 0 saturated carbocycles. The Balaban J connectivity index is 3.44. The van der Waals surface area contributed by atoms with Crippen molar-refractivity contribution in [2.75, 3.05) is 39.6 Å². The van der Waals surface area contributed by atoms with Crippen LogP contribution in [0.2, 0.25) is 0 Å². The van der Waals surface area contributed by atoms with Gasteiger partial charge < -0.3 is 19.9 Å². The summed E-state index contributed by atoms with van der Waals surface area (Å²) in [4.78, 5) is 0. The number of ether oxygens (including phenoxy) is 2. The van der Waals surface area contributed by atoms with Gasteiger partial charge in [0.05, 0.1) is 19.8 Å². The first kappa shape index (κ1) is 17.8. The SMILES string of the molecule is CCCNC(C)(CO)CCCOCCOCCC. The molecule has 0 bridgehead atoms. The molecule has 0 aromatic rings. The molecule has 4 nitrogen and oxygen atoms in total. The summed E-state index contributed by atoms with van der Waals surface area (Å²) in [5, 5.41) is 12.8. The van der Waals surface area contributed by atoms with Gasteiger partial charge in [-0.2, -0.15) is 0 Å². The van der Waals surface area contributed by atoms with Crippen LogP contribution in [0, 0.1) is 0 Å². The molecule has 110 valence electrons. The molecule has 0 aromatic carbocycles. The zero-order valence-corrected chi connectivity index (χ0v) is 12.3. The van der Waals surface area contributed by atoms with Crippen LogP contribution < -0.4 is 5.32 Å². The number of aliphatic hydroxyl groups excluding tert-OH is 1. The van der Waals surface area contributed by atoms with Crippen LogP contribution in [0.15, 0.2) is 0 Å². The Kier molecular flexibility index (Phi) is 11.8. The third-order valence-electron chi connectivity index (χ3n) is 2.89. The second-order valence-corrected chi connectivity index (χ2v) is 4.97. The number of rotatable bonds is 13. The van der Waals surface area contributed by atoms with Crippen molar-refractivity contribution in [3.8, 4) is 0 Å². The molecule has 18 heavy (non-hydrogen) atoms. The fraction of sp³-hybridized carbons (Fsp3) is 1.00. The molecular weight excluding hydrogens is 230 g/mol. The molecule has 0 saturated heterocycles. The van der Waals surface area contributed by atoms with E-state index >= 15 is 0 Å². The van der Waals surface area contributed by atoms with Crippen molar-refractivity contribution in [1.82, 2.24) is 5.32 Å². The summed E-state index contributed by atoms with van der Waals surface area (Å²) in [6.07, 6.45) is 4.03. The van der Waals surface area contributed by atoms with Crippen LogP contribution in [0.25, 0.3) is 0 Å². The summed E-state index contributed by atoms with van der Waals surface area (Å²) in [5.74, 6) is 0. The maximum absolute atomic E-state index is 9.39. The number of hydrogen-bond acceptors (Lipinski definition) is 4. The van der Waals surface area contributed by atoms with E-state index < -0.39 is 0 Å². The molecule has 0 rings (SSSR count). The Hall–Kier alpha value is -0.160. The lowest BCUT2D eigenvalue weighted by atomic mass is 9.97. The molecule has 0 fully saturated rings. The monoisotopic (exact) mass is 261 g/mol. The van der Waals surface area contributed by atoms with E-state index in [4.69, 9.17) is 9.47 Å². The maximum Gasteiger partial charge on any atom is 0.0700 e. The van der Waals surface area contributed by atoms with Crippen LogP contribution in [0.4, 0.5) is 0 Å². The average Bonchev–Trinajstić information content (AvgIpc) is 2.39. The van der Waals surface area contributed by atoms with E-state index in [-0.39, 0.29) is 12.1 Å². The third kappa shape index (κ3) is 9.83. The molecule has 0 aliphatic carbocycles. The molecule has 0 aromatic heterocycles. The molecule has 0 heterocycles. The van der Waals surface area contributed by atoms with Gasteiger partial charge in [0.2, 0.25) is 0 Å². The summed E-state index contributed by atoms with van der Waals surface area (Å²) in [7, 11) is 0. The van der Waals surface area contributed by atoms with Gasteiger partial charge in [-0.05, 0) is 39.2 Å². The van der Waals surface area contributed by atoms with Gasteiger partial charge in [-0.1, -0.05) is 13.8 Å². The largest absolute Gasteiger partial charge is 0.394 e. The van der Waals surface area contributed by atoms with Crippen LogP contribution in [-0.2, 0) is 9.47 Å². The first-order valence-electron chi connectivity index (χ1n) is 7.20. The molecule has 0 radical (unpaired) electrons. The summed E-state index contributed by atoms with van der Waals surface area (Å²) in [6.45, 7) is 10.3. The minimum absolute atomic E-state index is 0.169. The minimum atomic E-state index is -0.169. The number of hydrogen-bond donors (Lipinski definition) is 2. The van der Waals surface area contributed by atoms with Crippen molar-refractivity contribution in [1.29, 1.82) is 0 Å². The van der Waals surface area contributed by atoms with Crippen molar-refractivity contribution >= 4 is 0 Å². The Bertz CT molecular complexity index is 178. The first-order chi connectivity index (χ1) is 8.68. The Morgan fingerprint density at radius 2 is 1.67 bits per heavy atom. The molecule has 0 aliphatic heterocycles. The smallest absolute Gasteiger partial charge is 0.0700 e. The average molecular weight is 261 g/mol. The number of aliphatic hydroxyl groups is 1. The van der Waals surface area contributed by atoms with E-state index in [9.17, 15) is 5.11 Å². The van der Waals surface area contributed by atoms with Crippen molar-refractivity contribution in [3.05, 3.63) is 0 Å². The van der Waals surface area contributed by atoms with Gasteiger partial charge in [0.1, 0.15) is 0 Å². The summed E-state index contributed by atoms with van der Waals surface area (Å²) < 4.78 is 10.8. The van der Waals surface area contributed by atoms with Crippen LogP contribution in [0.3, 0.4) is 0 Å². The Morgan fingerprint density at radius 1 is 1.00 bits per heavy atom. The van der Waals surface area contributed by atoms with Crippen LogP contribution in [0.1, 0.15) is 46.5 Å². The quantitative estimate of drug-likeness (QED) is 0.498. The molecule has 0 amide bonds. The van der Waals surface area contributed by atoms with Gasteiger partial charge in [0.25, 0.3) is 0 Å². The molecule has 4 heteroatoms. The van der Waals surface area contributed by atoms with Crippen molar-refractivity contribution in [3.63, 3.8) is 0 Å². The van der Waals surface area contributed by atoms with Gasteiger partial charge in [-0.15, -0.1) is 0 Å². The lowest BCUT2D eigenvalue weighted by Crippen LogP contribution is -2.46. The standard InChI is InChI=1S/C14H31NO3/c1-4-8-15-14(3,13-16)7-6-10-18-12-11-17-9-5-2/h15-16H,4-13H2,1-3H3.